The summed E-state index contributed by atoms with van der Waals surface area (Å²) in [5.41, 5.74) is 0.747. The molecule has 2 heterocycles. The van der Waals surface area contributed by atoms with Gasteiger partial charge in [-0.1, -0.05) is 11.8 Å². The van der Waals surface area contributed by atoms with Crippen LogP contribution in [-0.2, 0) is 43.7 Å². The predicted molar refractivity (Wildman–Crippen MR) is 106 cm³/mol. The number of unbranched alkanes of at least 4 members (excludes halogenated alkanes) is 1. The third kappa shape index (κ3) is 18.5. The van der Waals surface area contributed by atoms with E-state index in [1.165, 1.54) is 4.90 Å². The number of hydrogen-bond donors (Lipinski definition) is 3. The molecule has 1 radical (unpaired) electrons. The fraction of sp³-hybridized carbons (Fsp3) is 0.429. The van der Waals surface area contributed by atoms with Crippen LogP contribution in [-0.4, -0.2) is 70.9 Å². The van der Waals surface area contributed by atoms with Crippen LogP contribution in [0.3, 0.4) is 0 Å². The SMILES string of the molecule is O=C(O)CN(CCCC#Cc1cncc(OC[C@@H]2CCN2)c1)CC(=O)O.[C-]#[O+].[C-]#[O+].[C-]#[O+].[Tc]. The quantitative estimate of drug-likeness (QED) is 0.164. The van der Waals surface area contributed by atoms with Gasteiger partial charge in [-0.05, 0) is 25.5 Å². The minimum atomic E-state index is -1.04. The second kappa shape index (κ2) is 23.9. The van der Waals surface area contributed by atoms with E-state index in [0.29, 0.717) is 37.8 Å². The summed E-state index contributed by atoms with van der Waals surface area (Å²) in [5, 5.41) is 20.8. The maximum absolute atomic E-state index is 10.7. The molecule has 2 rings (SSSR count). The standard InChI is InChI=1S/C18H23N3O5.3CO.Tc/c22-17(23)11-21(12-18(24)25)7-3-1-2-4-14-8-16(10-19-9-14)26-13-15-5-6-20-15;3*1-2;/h8-10,15,20H,1,3,5-7,11-13H2,(H,22,23)(H,24,25);;;;/t15-;;;;/m0..../s1. The van der Waals surface area contributed by atoms with Crippen molar-refractivity contribution in [3.63, 3.8) is 0 Å². The van der Waals surface area contributed by atoms with Crippen molar-refractivity contribution < 1.29 is 58.6 Å². The topological polar surface area (TPSA) is 172 Å². The minimum Gasteiger partial charge on any atom is 0 e. The van der Waals surface area contributed by atoms with Gasteiger partial charge in [0.05, 0.1) is 19.3 Å². The number of nitrogens with zero attached hydrogens (tertiary/aromatic N) is 2. The molecule has 0 bridgehead atoms. The average molecular weight is 543 g/mol. The normalized spacial score (nSPS) is 12.5. The Bertz CT molecular complexity index is 783. The van der Waals surface area contributed by atoms with Gasteiger partial charge in [0.1, 0.15) is 12.4 Å². The van der Waals surface area contributed by atoms with Gasteiger partial charge in [-0.3, -0.25) is 19.5 Å². The van der Waals surface area contributed by atoms with Crippen LogP contribution in [0.2, 0.25) is 0 Å². The molecule has 0 aromatic carbocycles. The number of nitrogens with one attached hydrogen (secondary N) is 1. The van der Waals surface area contributed by atoms with E-state index < -0.39 is 11.9 Å². The number of rotatable bonds is 10. The molecule has 0 saturated carbocycles. The molecule has 11 nitrogen and oxygen atoms in total. The Morgan fingerprint density at radius 2 is 1.73 bits per heavy atom. The molecule has 1 atom stereocenters. The molecule has 1 aromatic heterocycles. The first-order valence-electron chi connectivity index (χ1n) is 9.10. The fourth-order valence-corrected chi connectivity index (χ4v) is 2.41. The van der Waals surface area contributed by atoms with Gasteiger partial charge in [0.2, 0.25) is 0 Å². The van der Waals surface area contributed by atoms with Crippen LogP contribution in [0.25, 0.3) is 0 Å². The van der Waals surface area contributed by atoms with Crippen molar-refractivity contribution in [2.75, 3.05) is 32.8 Å². The summed E-state index contributed by atoms with van der Waals surface area (Å²) >= 11 is 0. The van der Waals surface area contributed by atoms with Crippen molar-refractivity contribution in [2.24, 2.45) is 0 Å². The molecule has 0 aliphatic carbocycles. The molecule has 0 spiro atoms. The Hall–Kier alpha value is -2.76. The van der Waals surface area contributed by atoms with Crippen molar-refractivity contribution in [1.82, 2.24) is 15.2 Å². The molecule has 177 valence electrons. The van der Waals surface area contributed by atoms with Gasteiger partial charge in [0.15, 0.2) is 0 Å². The van der Waals surface area contributed by atoms with E-state index in [4.69, 9.17) is 28.9 Å². The Kier molecular flexibility index (Phi) is 25.2. The van der Waals surface area contributed by atoms with Crippen LogP contribution >= 0.6 is 0 Å². The van der Waals surface area contributed by atoms with Gasteiger partial charge in [-0.25, -0.2) is 0 Å². The van der Waals surface area contributed by atoms with E-state index in [2.05, 4.69) is 42.1 Å². The van der Waals surface area contributed by atoms with E-state index in [1.807, 2.05) is 6.07 Å². The van der Waals surface area contributed by atoms with Crippen LogP contribution < -0.4 is 10.1 Å². The van der Waals surface area contributed by atoms with Crippen molar-refractivity contribution in [3.8, 4) is 17.6 Å². The van der Waals surface area contributed by atoms with Gasteiger partial charge < -0.3 is 20.3 Å². The van der Waals surface area contributed by atoms with Crippen molar-refractivity contribution in [3.05, 3.63) is 44.0 Å². The van der Waals surface area contributed by atoms with E-state index in [1.54, 1.807) is 12.4 Å². The Morgan fingerprint density at radius 3 is 2.21 bits per heavy atom. The summed E-state index contributed by atoms with van der Waals surface area (Å²) in [5.74, 6) is 4.59. The maximum atomic E-state index is 10.7. The third-order valence-electron chi connectivity index (χ3n) is 3.82. The molecule has 1 saturated heterocycles. The number of ether oxygens (including phenoxy) is 1. The molecular formula is C21H23N3O8Tc. The summed E-state index contributed by atoms with van der Waals surface area (Å²) in [6, 6.07) is 2.24. The molecule has 0 unspecified atom stereocenters. The number of carboxylic acids is 2. The Labute approximate surface area is 205 Å². The van der Waals surface area contributed by atoms with E-state index in [-0.39, 0.29) is 33.2 Å². The Morgan fingerprint density at radius 1 is 1.15 bits per heavy atom. The van der Waals surface area contributed by atoms with E-state index >= 15 is 0 Å². The predicted octanol–water partition coefficient (Wildman–Crippen LogP) is 0.310. The second-order valence-electron chi connectivity index (χ2n) is 6.06. The molecule has 0 amide bonds. The van der Waals surface area contributed by atoms with Crippen LogP contribution in [0.15, 0.2) is 18.5 Å². The number of carboxylic acid groups (broad SMARTS) is 2. The maximum Gasteiger partial charge on any atom is 0 e. The second-order valence-corrected chi connectivity index (χ2v) is 6.06. The van der Waals surface area contributed by atoms with Crippen LogP contribution in [0, 0.1) is 31.8 Å². The molecule has 1 aliphatic rings. The largest absolute Gasteiger partial charge is 0 e. The first kappa shape index (κ1) is 34.8. The molecule has 12 heteroatoms. The summed E-state index contributed by atoms with van der Waals surface area (Å²) < 4.78 is 28.2. The first-order chi connectivity index (χ1) is 15.5. The first-order valence-corrected chi connectivity index (χ1v) is 9.10. The van der Waals surface area contributed by atoms with Crippen molar-refractivity contribution in [2.45, 2.75) is 25.3 Å². The van der Waals surface area contributed by atoms with Gasteiger partial charge in [0, 0.05) is 50.9 Å². The van der Waals surface area contributed by atoms with Crippen LogP contribution in [0.5, 0.6) is 5.75 Å². The average Bonchev–Trinajstić information content (AvgIpc) is 2.76. The minimum absolute atomic E-state index is 0. The summed E-state index contributed by atoms with van der Waals surface area (Å²) in [6.07, 6.45) is 5.55. The van der Waals surface area contributed by atoms with Crippen LogP contribution in [0.1, 0.15) is 24.8 Å². The van der Waals surface area contributed by atoms with E-state index in [9.17, 15) is 9.59 Å². The zero-order chi connectivity index (χ0) is 24.8. The summed E-state index contributed by atoms with van der Waals surface area (Å²) in [7, 11) is 0. The molecule has 1 aliphatic heterocycles. The molecule has 1 fully saturated rings. The Balaban J connectivity index is -0.00000119. The third-order valence-corrected chi connectivity index (χ3v) is 3.82. The smallest absolute Gasteiger partial charge is 0 e. The number of aromatic nitrogens is 1. The molecular weight excluding hydrogens is 520 g/mol. The van der Waals surface area contributed by atoms with Crippen molar-refractivity contribution >= 4 is 11.9 Å². The molecule has 1 aromatic rings. The zero-order valence-corrected chi connectivity index (χ0v) is 19.4. The number of hydrogen-bond acceptors (Lipinski definition) is 6. The number of aliphatic carboxylic acids is 2. The summed E-state index contributed by atoms with van der Waals surface area (Å²) in [4.78, 5) is 26.9. The van der Waals surface area contributed by atoms with Gasteiger partial charge >= 0.3 is 45.8 Å². The van der Waals surface area contributed by atoms with Crippen LogP contribution in [0.4, 0.5) is 0 Å². The molecule has 33 heavy (non-hydrogen) atoms. The molecule has 3 N–H and O–H groups in total. The van der Waals surface area contributed by atoms with Gasteiger partial charge in [0.25, 0.3) is 0 Å². The van der Waals surface area contributed by atoms with E-state index in [0.717, 1.165) is 18.5 Å². The van der Waals surface area contributed by atoms with Crippen molar-refractivity contribution in [1.29, 1.82) is 0 Å². The number of carbonyl (C=O) groups is 2. The monoisotopic (exact) mass is 542 g/mol. The zero-order valence-electron chi connectivity index (χ0n) is 17.6. The number of pyridine rings is 1. The van der Waals surface area contributed by atoms with Gasteiger partial charge in [-0.2, -0.15) is 0 Å². The fourth-order valence-electron chi connectivity index (χ4n) is 2.41. The van der Waals surface area contributed by atoms with Gasteiger partial charge in [-0.15, -0.1) is 0 Å². The summed E-state index contributed by atoms with van der Waals surface area (Å²) in [6.45, 7) is 14.9.